The summed E-state index contributed by atoms with van der Waals surface area (Å²) in [5, 5.41) is 12.4. The maximum absolute atomic E-state index is 13.0. The van der Waals surface area contributed by atoms with Gasteiger partial charge < -0.3 is 24.8 Å². The molecule has 0 fully saturated rings. The fourth-order valence-corrected chi connectivity index (χ4v) is 3.61. The molecule has 2 aromatic rings. The number of benzene rings is 2. The molecule has 0 saturated carbocycles. The second-order valence-corrected chi connectivity index (χ2v) is 7.12. The van der Waals surface area contributed by atoms with Crippen LogP contribution in [0.4, 0.5) is 14.5 Å². The molecule has 0 radical (unpaired) electrons. The number of anilines is 1. The van der Waals surface area contributed by atoms with Gasteiger partial charge in [0, 0.05) is 20.0 Å². The summed E-state index contributed by atoms with van der Waals surface area (Å²) in [5.41, 5.74) is 1.62. The van der Waals surface area contributed by atoms with Crippen LogP contribution in [-0.2, 0) is 16.1 Å². The molecule has 0 bridgehead atoms. The number of nitrogens with zero attached hydrogens (tertiary/aromatic N) is 1. The molecule has 1 unspecified atom stereocenters. The van der Waals surface area contributed by atoms with Crippen LogP contribution in [0.3, 0.4) is 0 Å². The van der Waals surface area contributed by atoms with Crippen molar-refractivity contribution in [3.63, 3.8) is 0 Å². The monoisotopic (exact) mass is 448 g/mol. The van der Waals surface area contributed by atoms with E-state index in [9.17, 15) is 28.3 Å². The van der Waals surface area contributed by atoms with Crippen LogP contribution in [-0.4, -0.2) is 47.6 Å². The van der Waals surface area contributed by atoms with Gasteiger partial charge in [-0.2, -0.15) is 8.78 Å². The van der Waals surface area contributed by atoms with Gasteiger partial charge in [0.05, 0.1) is 23.8 Å². The summed E-state index contributed by atoms with van der Waals surface area (Å²) in [6.07, 6.45) is 0. The van der Waals surface area contributed by atoms with Gasteiger partial charge in [-0.1, -0.05) is 18.2 Å². The molecule has 1 aliphatic rings. The standard InChI is InChI=1S/C22H22F2N2O6/c1-3-31-18-9-13(7-8-17(18)32-22(23)24)15(21(29)30)11-26-10-14-5-4-6-16(25-12(2)27)19(14)20(26)28/h4-9,15,22H,3,10-11H2,1-2H3,(H,25,27)(H,29,30). The number of carbonyl (C=O) groups is 3. The Morgan fingerprint density at radius 2 is 1.97 bits per heavy atom. The van der Waals surface area contributed by atoms with E-state index in [1.54, 1.807) is 25.1 Å². The molecule has 2 N–H and O–H groups in total. The number of carbonyl (C=O) groups excluding carboxylic acids is 2. The quantitative estimate of drug-likeness (QED) is 0.609. The smallest absolute Gasteiger partial charge is 0.387 e. The molecule has 10 heteroatoms. The molecule has 0 aliphatic carbocycles. The summed E-state index contributed by atoms with van der Waals surface area (Å²) in [7, 11) is 0. The number of fused-ring (bicyclic) bond motifs is 1. The fraction of sp³-hybridized carbons (Fsp3) is 0.318. The van der Waals surface area contributed by atoms with Gasteiger partial charge in [0.1, 0.15) is 0 Å². The lowest BCUT2D eigenvalue weighted by molar-refractivity contribution is -0.139. The van der Waals surface area contributed by atoms with Gasteiger partial charge >= 0.3 is 12.6 Å². The Balaban J connectivity index is 1.88. The van der Waals surface area contributed by atoms with Crippen molar-refractivity contribution in [2.45, 2.75) is 32.9 Å². The highest BCUT2D eigenvalue weighted by atomic mass is 19.3. The first-order valence-electron chi connectivity index (χ1n) is 9.84. The lowest BCUT2D eigenvalue weighted by Gasteiger charge is -2.22. The van der Waals surface area contributed by atoms with Gasteiger partial charge in [-0.15, -0.1) is 0 Å². The lowest BCUT2D eigenvalue weighted by Crippen LogP contribution is -2.32. The van der Waals surface area contributed by atoms with E-state index < -0.39 is 24.4 Å². The third-order valence-electron chi connectivity index (χ3n) is 4.91. The molecule has 0 saturated heterocycles. The van der Waals surface area contributed by atoms with Crippen LogP contribution >= 0.6 is 0 Å². The van der Waals surface area contributed by atoms with Gasteiger partial charge in [0.15, 0.2) is 11.5 Å². The number of aliphatic carboxylic acids is 1. The van der Waals surface area contributed by atoms with Crippen LogP contribution in [0.25, 0.3) is 0 Å². The van der Waals surface area contributed by atoms with E-state index in [1.807, 2.05) is 0 Å². The second kappa shape index (κ2) is 9.63. The number of ether oxygens (including phenoxy) is 2. The molecule has 170 valence electrons. The molecular formula is C22H22F2N2O6. The normalized spacial score (nSPS) is 13.7. The average molecular weight is 448 g/mol. The molecule has 0 aromatic heterocycles. The maximum atomic E-state index is 13.0. The van der Waals surface area contributed by atoms with Crippen LogP contribution in [0.1, 0.15) is 41.3 Å². The maximum Gasteiger partial charge on any atom is 0.387 e. The van der Waals surface area contributed by atoms with Gasteiger partial charge in [-0.05, 0) is 36.2 Å². The van der Waals surface area contributed by atoms with Crippen molar-refractivity contribution in [1.29, 1.82) is 0 Å². The first-order chi connectivity index (χ1) is 15.2. The Morgan fingerprint density at radius 3 is 2.59 bits per heavy atom. The number of hydrogen-bond donors (Lipinski definition) is 2. The number of nitrogens with one attached hydrogen (secondary N) is 1. The Hall–Kier alpha value is -3.69. The molecule has 8 nitrogen and oxygen atoms in total. The molecule has 32 heavy (non-hydrogen) atoms. The van der Waals surface area contributed by atoms with Crippen molar-refractivity contribution in [2.75, 3.05) is 18.5 Å². The van der Waals surface area contributed by atoms with Crippen molar-refractivity contribution < 1.29 is 37.7 Å². The van der Waals surface area contributed by atoms with E-state index in [4.69, 9.17) is 4.74 Å². The third kappa shape index (κ3) is 4.96. The Kier molecular flexibility index (Phi) is 6.92. The fourth-order valence-electron chi connectivity index (χ4n) is 3.61. The molecule has 1 aliphatic heterocycles. The zero-order chi connectivity index (χ0) is 23.4. The summed E-state index contributed by atoms with van der Waals surface area (Å²) in [5.74, 6) is -3.29. The summed E-state index contributed by atoms with van der Waals surface area (Å²) in [4.78, 5) is 37.8. The summed E-state index contributed by atoms with van der Waals surface area (Å²) in [6, 6.07) is 8.94. The third-order valence-corrected chi connectivity index (χ3v) is 4.91. The highest BCUT2D eigenvalue weighted by Crippen LogP contribution is 2.35. The molecule has 1 atom stereocenters. The highest BCUT2D eigenvalue weighted by molar-refractivity contribution is 6.06. The zero-order valence-corrected chi connectivity index (χ0v) is 17.4. The van der Waals surface area contributed by atoms with E-state index in [-0.39, 0.29) is 42.7 Å². The molecule has 2 aromatic carbocycles. The average Bonchev–Trinajstić information content (AvgIpc) is 3.03. The number of rotatable bonds is 9. The van der Waals surface area contributed by atoms with Gasteiger partial charge in [-0.3, -0.25) is 14.4 Å². The second-order valence-electron chi connectivity index (χ2n) is 7.12. The molecule has 1 heterocycles. The number of halogens is 2. The van der Waals surface area contributed by atoms with E-state index >= 15 is 0 Å². The first-order valence-corrected chi connectivity index (χ1v) is 9.84. The largest absolute Gasteiger partial charge is 0.490 e. The SMILES string of the molecule is CCOc1cc(C(CN2Cc3cccc(NC(C)=O)c3C2=O)C(=O)O)ccc1OC(F)F. The minimum atomic E-state index is -3.06. The molecule has 2 amide bonds. The minimum Gasteiger partial charge on any atom is -0.490 e. The van der Waals surface area contributed by atoms with E-state index in [1.165, 1.54) is 30.0 Å². The summed E-state index contributed by atoms with van der Waals surface area (Å²) in [6.45, 7) is 0.0921. The summed E-state index contributed by atoms with van der Waals surface area (Å²) < 4.78 is 35.0. The molecule has 3 rings (SSSR count). The van der Waals surface area contributed by atoms with Crippen molar-refractivity contribution in [3.8, 4) is 11.5 Å². The number of alkyl halides is 2. The number of amides is 2. The molecular weight excluding hydrogens is 426 g/mol. The van der Waals surface area contributed by atoms with Crippen molar-refractivity contribution >= 4 is 23.5 Å². The van der Waals surface area contributed by atoms with E-state index in [2.05, 4.69) is 10.1 Å². The number of carboxylic acid groups (broad SMARTS) is 1. The van der Waals surface area contributed by atoms with Crippen LogP contribution in [0, 0.1) is 0 Å². The Morgan fingerprint density at radius 1 is 1.22 bits per heavy atom. The molecule has 0 spiro atoms. The topological polar surface area (TPSA) is 105 Å². The van der Waals surface area contributed by atoms with Gasteiger partial charge in [-0.25, -0.2) is 0 Å². The Labute approximate surface area is 182 Å². The summed E-state index contributed by atoms with van der Waals surface area (Å²) >= 11 is 0. The van der Waals surface area contributed by atoms with Crippen LogP contribution in [0.15, 0.2) is 36.4 Å². The predicted molar refractivity (Wildman–Crippen MR) is 110 cm³/mol. The number of hydrogen-bond acceptors (Lipinski definition) is 5. The highest BCUT2D eigenvalue weighted by Gasteiger charge is 2.34. The van der Waals surface area contributed by atoms with Crippen LogP contribution in [0.2, 0.25) is 0 Å². The van der Waals surface area contributed by atoms with E-state index in [0.717, 1.165) is 0 Å². The first kappa shape index (κ1) is 23.0. The predicted octanol–water partition coefficient (Wildman–Crippen LogP) is 3.47. The van der Waals surface area contributed by atoms with Crippen molar-refractivity contribution in [2.24, 2.45) is 0 Å². The Bertz CT molecular complexity index is 1040. The lowest BCUT2D eigenvalue weighted by atomic mass is 9.98. The van der Waals surface area contributed by atoms with Gasteiger partial charge in [0.2, 0.25) is 5.91 Å². The van der Waals surface area contributed by atoms with E-state index in [0.29, 0.717) is 16.8 Å². The van der Waals surface area contributed by atoms with Gasteiger partial charge in [0.25, 0.3) is 5.91 Å². The van der Waals surface area contributed by atoms with Crippen LogP contribution < -0.4 is 14.8 Å². The number of carboxylic acids is 1. The van der Waals surface area contributed by atoms with Crippen LogP contribution in [0.5, 0.6) is 11.5 Å². The zero-order valence-electron chi connectivity index (χ0n) is 17.4. The van der Waals surface area contributed by atoms with Crippen molar-refractivity contribution in [3.05, 3.63) is 53.1 Å². The minimum absolute atomic E-state index is 0.0134. The van der Waals surface area contributed by atoms with Crippen molar-refractivity contribution in [1.82, 2.24) is 4.90 Å².